The second kappa shape index (κ2) is 7.20. The molecule has 2 rings (SSSR count). The number of aryl methyl sites for hydroxylation is 1. The number of aromatic nitrogens is 2. The normalized spacial score (nSPS) is 20.5. The Kier molecular flexibility index (Phi) is 5.58. The lowest BCUT2D eigenvalue weighted by molar-refractivity contribution is 0.194. The van der Waals surface area contributed by atoms with Gasteiger partial charge in [-0.15, -0.1) is 0 Å². The van der Waals surface area contributed by atoms with E-state index in [0.717, 1.165) is 35.6 Å². The van der Waals surface area contributed by atoms with Gasteiger partial charge in [0.15, 0.2) is 0 Å². The molecule has 0 amide bonds. The molecule has 1 aromatic rings. The van der Waals surface area contributed by atoms with Crippen LogP contribution in [0.4, 0.5) is 5.82 Å². The minimum atomic E-state index is 0.622. The lowest BCUT2D eigenvalue weighted by atomic mass is 10.0. The van der Waals surface area contributed by atoms with Crippen LogP contribution in [0.15, 0.2) is 10.7 Å². The molecule has 0 bridgehead atoms. The van der Waals surface area contributed by atoms with Gasteiger partial charge in [0.1, 0.15) is 16.2 Å². The van der Waals surface area contributed by atoms with E-state index in [4.69, 9.17) is 0 Å². The van der Waals surface area contributed by atoms with E-state index in [2.05, 4.69) is 50.1 Å². The first-order valence-corrected chi connectivity index (χ1v) is 7.96. The molecule has 0 saturated carbocycles. The third-order valence-corrected chi connectivity index (χ3v) is 4.06. The molecule has 5 heteroatoms. The molecule has 1 aromatic heterocycles. The van der Waals surface area contributed by atoms with E-state index >= 15 is 0 Å². The molecule has 0 aliphatic carbocycles. The lowest BCUT2D eigenvalue weighted by Gasteiger charge is -2.32. The Morgan fingerprint density at radius 2 is 2.26 bits per heavy atom. The zero-order valence-corrected chi connectivity index (χ0v) is 13.4. The Morgan fingerprint density at radius 1 is 1.42 bits per heavy atom. The summed E-state index contributed by atoms with van der Waals surface area (Å²) in [4.78, 5) is 11.4. The highest BCUT2D eigenvalue weighted by Crippen LogP contribution is 2.17. The average molecular weight is 327 g/mol. The van der Waals surface area contributed by atoms with Crippen LogP contribution in [0, 0.1) is 0 Å². The second-order valence-corrected chi connectivity index (χ2v) is 6.07. The Hall–Kier alpha value is -0.680. The van der Waals surface area contributed by atoms with Crippen molar-refractivity contribution >= 4 is 21.7 Å². The zero-order chi connectivity index (χ0) is 13.7. The fraction of sp³-hybridized carbons (Fsp3) is 0.714. The van der Waals surface area contributed by atoms with Crippen LogP contribution >= 0.6 is 15.9 Å². The summed E-state index contributed by atoms with van der Waals surface area (Å²) in [5.41, 5.74) is 0. The molecular weight excluding hydrogens is 304 g/mol. The number of rotatable bonds is 5. The maximum atomic E-state index is 4.56. The highest BCUT2D eigenvalue weighted by Gasteiger charge is 2.18. The van der Waals surface area contributed by atoms with Crippen molar-refractivity contribution in [3.05, 3.63) is 16.5 Å². The Balaban J connectivity index is 1.94. The van der Waals surface area contributed by atoms with Crippen LogP contribution in [0.25, 0.3) is 0 Å². The van der Waals surface area contributed by atoms with E-state index in [-0.39, 0.29) is 0 Å². The van der Waals surface area contributed by atoms with Crippen LogP contribution in [-0.4, -0.2) is 41.0 Å². The quantitative estimate of drug-likeness (QED) is 0.844. The molecule has 0 radical (unpaired) electrons. The predicted octanol–water partition coefficient (Wildman–Crippen LogP) is 3.09. The number of likely N-dealkylation sites (tertiary alicyclic amines) is 1. The van der Waals surface area contributed by atoms with E-state index < -0.39 is 0 Å². The van der Waals surface area contributed by atoms with Crippen LogP contribution in [0.3, 0.4) is 0 Å². The van der Waals surface area contributed by atoms with Crippen molar-refractivity contribution in [2.24, 2.45) is 0 Å². The van der Waals surface area contributed by atoms with Crippen molar-refractivity contribution in [1.29, 1.82) is 0 Å². The first-order valence-electron chi connectivity index (χ1n) is 7.16. The summed E-state index contributed by atoms with van der Waals surface area (Å²) in [6, 6.07) is 2.58. The smallest absolute Gasteiger partial charge is 0.132 e. The molecule has 106 valence electrons. The van der Waals surface area contributed by atoms with Gasteiger partial charge in [-0.3, -0.25) is 0 Å². The van der Waals surface area contributed by atoms with E-state index in [1.165, 1.54) is 25.8 Å². The van der Waals surface area contributed by atoms with Gasteiger partial charge >= 0.3 is 0 Å². The molecule has 19 heavy (non-hydrogen) atoms. The third kappa shape index (κ3) is 4.42. The van der Waals surface area contributed by atoms with Gasteiger partial charge < -0.3 is 10.2 Å². The summed E-state index contributed by atoms with van der Waals surface area (Å²) >= 11 is 3.46. The fourth-order valence-corrected chi connectivity index (χ4v) is 2.94. The van der Waals surface area contributed by atoms with E-state index in [1.807, 2.05) is 6.07 Å². The maximum Gasteiger partial charge on any atom is 0.132 e. The fourth-order valence-electron chi connectivity index (χ4n) is 2.52. The van der Waals surface area contributed by atoms with Gasteiger partial charge in [0.2, 0.25) is 0 Å². The molecule has 0 spiro atoms. The standard InChI is InChI=1S/C14H23BrN4/c1-3-6-13-17-12(15)9-14(18-13)16-10-11-7-4-5-8-19(11)2/h9,11H,3-8,10H2,1-2H3,(H,16,17,18). The van der Waals surface area contributed by atoms with Gasteiger partial charge in [0, 0.05) is 25.1 Å². The molecule has 4 nitrogen and oxygen atoms in total. The van der Waals surface area contributed by atoms with Crippen LogP contribution < -0.4 is 5.32 Å². The topological polar surface area (TPSA) is 41.1 Å². The second-order valence-electron chi connectivity index (χ2n) is 5.25. The van der Waals surface area contributed by atoms with Crippen LogP contribution in [0.1, 0.15) is 38.4 Å². The van der Waals surface area contributed by atoms with Gasteiger partial charge in [-0.2, -0.15) is 0 Å². The first-order chi connectivity index (χ1) is 9.19. The number of halogens is 1. The van der Waals surface area contributed by atoms with Crippen molar-refractivity contribution in [3.8, 4) is 0 Å². The predicted molar refractivity (Wildman–Crippen MR) is 82.5 cm³/mol. The molecule has 1 atom stereocenters. The van der Waals surface area contributed by atoms with Gasteiger partial charge in [-0.1, -0.05) is 13.3 Å². The van der Waals surface area contributed by atoms with Gasteiger partial charge in [0.25, 0.3) is 0 Å². The van der Waals surface area contributed by atoms with Crippen molar-refractivity contribution in [2.75, 3.05) is 25.5 Å². The minimum Gasteiger partial charge on any atom is -0.368 e. The Labute approximate surface area is 124 Å². The van der Waals surface area contributed by atoms with Crippen molar-refractivity contribution < 1.29 is 0 Å². The number of likely N-dealkylation sites (N-methyl/N-ethyl adjacent to an activating group) is 1. The molecule has 1 N–H and O–H groups in total. The molecular formula is C14H23BrN4. The monoisotopic (exact) mass is 326 g/mol. The Bertz CT molecular complexity index is 410. The maximum absolute atomic E-state index is 4.56. The van der Waals surface area contributed by atoms with Gasteiger partial charge in [-0.05, 0) is 48.8 Å². The van der Waals surface area contributed by atoms with Crippen LogP contribution in [-0.2, 0) is 6.42 Å². The molecule has 1 fully saturated rings. The highest BCUT2D eigenvalue weighted by atomic mass is 79.9. The largest absolute Gasteiger partial charge is 0.368 e. The molecule has 1 aliphatic heterocycles. The van der Waals surface area contributed by atoms with Crippen LogP contribution in [0.5, 0.6) is 0 Å². The zero-order valence-electron chi connectivity index (χ0n) is 11.8. The molecule has 1 aliphatic rings. The number of piperidine rings is 1. The summed E-state index contributed by atoms with van der Waals surface area (Å²) in [5.74, 6) is 1.85. The van der Waals surface area contributed by atoms with Crippen molar-refractivity contribution in [2.45, 2.75) is 45.1 Å². The molecule has 0 aromatic carbocycles. The number of anilines is 1. The average Bonchev–Trinajstić information content (AvgIpc) is 2.37. The summed E-state index contributed by atoms with van der Waals surface area (Å²) in [7, 11) is 2.21. The lowest BCUT2D eigenvalue weighted by Crippen LogP contribution is -2.40. The van der Waals surface area contributed by atoms with E-state index in [9.17, 15) is 0 Å². The molecule has 1 saturated heterocycles. The number of nitrogens with zero attached hydrogens (tertiary/aromatic N) is 3. The van der Waals surface area contributed by atoms with Crippen molar-refractivity contribution in [3.63, 3.8) is 0 Å². The SMILES string of the molecule is CCCc1nc(Br)cc(NCC2CCCCN2C)n1. The Morgan fingerprint density at radius 3 is 3.00 bits per heavy atom. The minimum absolute atomic E-state index is 0.622. The van der Waals surface area contributed by atoms with E-state index in [1.54, 1.807) is 0 Å². The van der Waals surface area contributed by atoms with Crippen LogP contribution in [0.2, 0.25) is 0 Å². The van der Waals surface area contributed by atoms with Crippen molar-refractivity contribution in [1.82, 2.24) is 14.9 Å². The van der Waals surface area contributed by atoms with Gasteiger partial charge in [0.05, 0.1) is 0 Å². The number of nitrogens with one attached hydrogen (secondary N) is 1. The highest BCUT2D eigenvalue weighted by molar-refractivity contribution is 9.10. The van der Waals surface area contributed by atoms with Gasteiger partial charge in [-0.25, -0.2) is 9.97 Å². The van der Waals surface area contributed by atoms with E-state index in [0.29, 0.717) is 6.04 Å². The first kappa shape index (κ1) is 14.7. The summed E-state index contributed by atoms with van der Waals surface area (Å²) in [6.07, 6.45) is 5.94. The molecule has 2 heterocycles. The number of hydrogen-bond acceptors (Lipinski definition) is 4. The number of hydrogen-bond donors (Lipinski definition) is 1. The third-order valence-electron chi connectivity index (χ3n) is 3.66. The molecule has 1 unspecified atom stereocenters. The summed E-state index contributed by atoms with van der Waals surface area (Å²) in [5, 5.41) is 3.46. The summed E-state index contributed by atoms with van der Waals surface area (Å²) in [6.45, 7) is 4.32. The summed E-state index contributed by atoms with van der Waals surface area (Å²) < 4.78 is 0.866.